The molecule has 1 N–H and O–H groups in total. The lowest BCUT2D eigenvalue weighted by molar-refractivity contribution is -0.113. The fourth-order valence-electron chi connectivity index (χ4n) is 5.09. The van der Waals surface area contributed by atoms with Crippen molar-refractivity contribution in [1.29, 1.82) is 0 Å². The summed E-state index contributed by atoms with van der Waals surface area (Å²) in [5, 5.41) is 9.53. The lowest BCUT2D eigenvalue weighted by Gasteiger charge is -2.35. The van der Waals surface area contributed by atoms with Crippen molar-refractivity contribution in [2.75, 3.05) is 24.6 Å². The van der Waals surface area contributed by atoms with Crippen molar-refractivity contribution >= 4 is 17.1 Å². The van der Waals surface area contributed by atoms with Crippen LogP contribution in [0, 0.1) is 0 Å². The number of pyridine rings is 1. The fraction of sp³-hybridized carbons (Fsp3) is 0.407. The van der Waals surface area contributed by atoms with Crippen molar-refractivity contribution in [1.82, 2.24) is 24.5 Å². The Morgan fingerprint density at radius 1 is 0.973 bits per heavy atom. The molecule has 0 bridgehead atoms. The highest BCUT2D eigenvalue weighted by molar-refractivity contribution is 5.76. The molecule has 3 aromatic heterocycles. The molecule has 2 aliphatic rings. The predicted octanol–water partition coefficient (Wildman–Crippen LogP) is 3.80. The minimum atomic E-state index is -3.19. The third kappa shape index (κ3) is 4.78. The number of benzene rings is 1. The number of alkyl halides is 2. The molecule has 0 amide bonds. The van der Waals surface area contributed by atoms with Gasteiger partial charge in [-0.1, -0.05) is 24.3 Å². The zero-order valence-electron chi connectivity index (χ0n) is 20.4. The summed E-state index contributed by atoms with van der Waals surface area (Å²) in [5.41, 5.74) is 5.63. The van der Waals surface area contributed by atoms with Gasteiger partial charge in [-0.05, 0) is 48.9 Å². The number of aliphatic hydroxyl groups is 1. The molecule has 0 aliphatic carbocycles. The molecule has 1 saturated heterocycles. The third-order valence-electron chi connectivity index (χ3n) is 7.14. The number of aryl methyl sites for hydroxylation is 2. The summed E-state index contributed by atoms with van der Waals surface area (Å²) >= 11 is 0. The molecule has 37 heavy (non-hydrogen) atoms. The van der Waals surface area contributed by atoms with E-state index in [0.717, 1.165) is 42.8 Å². The van der Waals surface area contributed by atoms with Gasteiger partial charge in [0.2, 0.25) is 5.95 Å². The molecule has 2 aliphatic heterocycles. The van der Waals surface area contributed by atoms with Gasteiger partial charge in [-0.15, -0.1) is 0 Å². The van der Waals surface area contributed by atoms with Crippen LogP contribution in [-0.4, -0.2) is 61.3 Å². The van der Waals surface area contributed by atoms with Gasteiger partial charge in [0.1, 0.15) is 24.1 Å². The first-order valence-corrected chi connectivity index (χ1v) is 12.6. The zero-order chi connectivity index (χ0) is 25.4. The number of imidazole rings is 1. The Hall–Kier alpha value is -3.50. The van der Waals surface area contributed by atoms with Gasteiger partial charge in [-0.25, -0.2) is 28.7 Å². The molecule has 8 nitrogen and oxygen atoms in total. The predicted molar refractivity (Wildman–Crippen MR) is 134 cm³/mol. The van der Waals surface area contributed by atoms with Crippen molar-refractivity contribution in [3.05, 3.63) is 65.7 Å². The molecule has 0 saturated carbocycles. The van der Waals surface area contributed by atoms with Crippen LogP contribution in [0.5, 0.6) is 0 Å². The molecule has 1 aromatic carbocycles. The first-order valence-electron chi connectivity index (χ1n) is 12.6. The van der Waals surface area contributed by atoms with Crippen LogP contribution in [0.15, 0.2) is 48.8 Å². The van der Waals surface area contributed by atoms with Gasteiger partial charge in [-0.3, -0.25) is 0 Å². The molecule has 5 heterocycles. The maximum Gasteiger partial charge on any atom is 0.290 e. The number of fused-ring (bicyclic) bond motifs is 4. The van der Waals surface area contributed by atoms with E-state index >= 15 is 0 Å². The van der Waals surface area contributed by atoms with Gasteiger partial charge in [0.25, 0.3) is 5.92 Å². The van der Waals surface area contributed by atoms with E-state index in [9.17, 15) is 13.9 Å². The first kappa shape index (κ1) is 23.9. The van der Waals surface area contributed by atoms with Crippen molar-refractivity contribution < 1.29 is 18.6 Å². The molecular formula is C27H28F2N6O2. The van der Waals surface area contributed by atoms with Crippen LogP contribution in [0.3, 0.4) is 0 Å². The standard InChI is InChI=1S/C27H28F2N6O2/c28-27(29)17-34(12-9-23(27)36)26-30-14-20(15-31-26)21-7-8-22-25(33-21)35-11-3-6-18-4-1-2-5-19(18)10-13-37-16-24(35)32-22/h1-2,4-5,7-8,14-15,23,36H,3,6,9-13,16-17H2. The summed E-state index contributed by atoms with van der Waals surface area (Å²) in [5.74, 6) is -2.12. The second-order valence-corrected chi connectivity index (χ2v) is 9.65. The highest BCUT2D eigenvalue weighted by atomic mass is 19.3. The largest absolute Gasteiger partial charge is 0.387 e. The Balaban J connectivity index is 1.26. The smallest absolute Gasteiger partial charge is 0.290 e. The van der Waals surface area contributed by atoms with Crippen LogP contribution in [0.4, 0.5) is 14.7 Å². The number of rotatable bonds is 2. The average Bonchev–Trinajstić information content (AvgIpc) is 3.23. The lowest BCUT2D eigenvalue weighted by atomic mass is 10.0. The van der Waals surface area contributed by atoms with Crippen LogP contribution in [-0.2, 0) is 30.7 Å². The van der Waals surface area contributed by atoms with Crippen LogP contribution >= 0.6 is 0 Å². The Kier molecular flexibility index (Phi) is 6.29. The van der Waals surface area contributed by atoms with Gasteiger partial charge < -0.3 is 19.3 Å². The molecule has 1 fully saturated rings. The number of hydrogen-bond acceptors (Lipinski definition) is 7. The molecule has 10 heteroatoms. The van der Waals surface area contributed by atoms with Crippen molar-refractivity contribution in [2.45, 2.75) is 50.9 Å². The van der Waals surface area contributed by atoms with E-state index in [1.807, 2.05) is 12.1 Å². The summed E-state index contributed by atoms with van der Waals surface area (Å²) in [6, 6.07) is 12.3. The molecule has 6 rings (SSSR count). The molecule has 192 valence electrons. The van der Waals surface area contributed by atoms with Gasteiger partial charge in [0.15, 0.2) is 5.65 Å². The Morgan fingerprint density at radius 3 is 2.54 bits per heavy atom. The maximum atomic E-state index is 14.0. The summed E-state index contributed by atoms with van der Waals surface area (Å²) in [6.45, 7) is 1.48. The number of anilines is 1. The average molecular weight is 507 g/mol. The quantitative estimate of drug-likeness (QED) is 0.442. The summed E-state index contributed by atoms with van der Waals surface area (Å²) < 4.78 is 36.0. The monoisotopic (exact) mass is 506 g/mol. The second-order valence-electron chi connectivity index (χ2n) is 9.65. The number of nitrogens with zero attached hydrogens (tertiary/aromatic N) is 6. The Bertz CT molecular complexity index is 1410. The highest BCUT2D eigenvalue weighted by Gasteiger charge is 2.44. The van der Waals surface area contributed by atoms with Crippen molar-refractivity contribution in [2.24, 2.45) is 0 Å². The lowest BCUT2D eigenvalue weighted by Crippen LogP contribution is -2.52. The van der Waals surface area contributed by atoms with Crippen LogP contribution in [0.1, 0.15) is 29.8 Å². The van der Waals surface area contributed by atoms with Crippen LogP contribution in [0.2, 0.25) is 0 Å². The van der Waals surface area contributed by atoms with Crippen LogP contribution < -0.4 is 4.90 Å². The molecule has 1 unspecified atom stereocenters. The van der Waals surface area contributed by atoms with Gasteiger partial charge in [-0.2, -0.15) is 0 Å². The summed E-state index contributed by atoms with van der Waals surface area (Å²) in [6.07, 6.45) is 4.34. The maximum absolute atomic E-state index is 14.0. The number of halogens is 2. The summed E-state index contributed by atoms with van der Waals surface area (Å²) in [4.78, 5) is 19.7. The highest BCUT2D eigenvalue weighted by Crippen LogP contribution is 2.30. The molecule has 1 atom stereocenters. The SMILES string of the molecule is OC1CCN(c2ncc(-c3ccc4nc5n(c4n3)CCCc3ccccc3CCOC5)cn2)CC1(F)F. The van der Waals surface area contributed by atoms with Gasteiger partial charge in [0, 0.05) is 31.0 Å². The molecular weight excluding hydrogens is 478 g/mol. The Morgan fingerprint density at radius 2 is 1.76 bits per heavy atom. The Labute approximate surface area is 213 Å². The summed E-state index contributed by atoms with van der Waals surface area (Å²) in [7, 11) is 0. The third-order valence-corrected chi connectivity index (χ3v) is 7.14. The molecule has 0 radical (unpaired) electrons. The second kappa shape index (κ2) is 9.75. The minimum Gasteiger partial charge on any atom is -0.387 e. The molecule has 4 aromatic rings. The van der Waals surface area contributed by atoms with Crippen molar-refractivity contribution in [3.63, 3.8) is 0 Å². The number of aliphatic hydroxyl groups excluding tert-OH is 1. The van der Waals surface area contributed by atoms with E-state index in [1.54, 1.807) is 12.4 Å². The fourth-order valence-corrected chi connectivity index (χ4v) is 5.09. The van der Waals surface area contributed by atoms with E-state index in [4.69, 9.17) is 14.7 Å². The van der Waals surface area contributed by atoms with Gasteiger partial charge >= 0.3 is 0 Å². The number of piperidine rings is 1. The van der Waals surface area contributed by atoms with E-state index in [0.29, 0.717) is 24.5 Å². The first-order chi connectivity index (χ1) is 18.0. The zero-order valence-corrected chi connectivity index (χ0v) is 20.4. The van der Waals surface area contributed by atoms with Gasteiger partial charge in [0.05, 0.1) is 18.8 Å². The van der Waals surface area contributed by atoms with E-state index < -0.39 is 18.6 Å². The number of hydrogen-bond donors (Lipinski definition) is 1. The normalized spacial score (nSPS) is 20.2. The van der Waals surface area contributed by atoms with E-state index in [2.05, 4.69) is 38.8 Å². The van der Waals surface area contributed by atoms with E-state index in [-0.39, 0.29) is 18.9 Å². The minimum absolute atomic E-state index is 0.0298. The number of aromatic nitrogens is 5. The van der Waals surface area contributed by atoms with Crippen LogP contribution in [0.25, 0.3) is 22.4 Å². The van der Waals surface area contributed by atoms with E-state index in [1.165, 1.54) is 16.0 Å². The molecule has 0 spiro atoms. The van der Waals surface area contributed by atoms with Crippen molar-refractivity contribution in [3.8, 4) is 11.3 Å². The topological polar surface area (TPSA) is 89.2 Å². The number of ether oxygens (including phenoxy) is 1.